The summed E-state index contributed by atoms with van der Waals surface area (Å²) in [6.45, 7) is 4.61. The first-order valence-corrected chi connectivity index (χ1v) is 5.75. The van der Waals surface area contributed by atoms with Crippen molar-refractivity contribution in [3.63, 3.8) is 0 Å². The molecule has 3 rings (SSSR count). The van der Waals surface area contributed by atoms with Crippen LogP contribution in [0.3, 0.4) is 0 Å². The van der Waals surface area contributed by atoms with Crippen LogP contribution < -0.4 is 5.32 Å². The van der Waals surface area contributed by atoms with Crippen LogP contribution in [-0.4, -0.2) is 36.1 Å². The molecule has 82 valence electrons. The van der Waals surface area contributed by atoms with Gasteiger partial charge in [0.05, 0.1) is 0 Å². The van der Waals surface area contributed by atoms with Crippen molar-refractivity contribution >= 4 is 0 Å². The molecule has 1 saturated heterocycles. The average molecular weight is 205 g/mol. The third kappa shape index (κ3) is 1.26. The highest BCUT2D eigenvalue weighted by atomic mass is 15.2. The van der Waals surface area contributed by atoms with Crippen LogP contribution in [0, 0.1) is 0 Å². The summed E-state index contributed by atoms with van der Waals surface area (Å²) >= 11 is 0. The van der Waals surface area contributed by atoms with Crippen molar-refractivity contribution in [2.24, 2.45) is 7.05 Å². The van der Waals surface area contributed by atoms with Gasteiger partial charge in [-0.3, -0.25) is 0 Å². The van der Waals surface area contributed by atoms with Gasteiger partial charge in [0.1, 0.15) is 0 Å². The number of nitrogens with one attached hydrogen (secondary N) is 1. The minimum atomic E-state index is 0.376. The summed E-state index contributed by atoms with van der Waals surface area (Å²) in [6.07, 6.45) is 3.50. The highest BCUT2D eigenvalue weighted by Gasteiger charge is 2.43. The molecule has 0 saturated carbocycles. The fraction of sp³-hybridized carbons (Fsp3) is 0.667. The van der Waals surface area contributed by atoms with Gasteiger partial charge in [-0.05, 0) is 31.6 Å². The van der Waals surface area contributed by atoms with E-state index < -0.39 is 0 Å². The minimum absolute atomic E-state index is 0.376. The Kier molecular flexibility index (Phi) is 1.94. The van der Waals surface area contributed by atoms with E-state index in [1.807, 2.05) is 0 Å². The number of aromatic nitrogens is 1. The highest BCUT2D eigenvalue weighted by molar-refractivity contribution is 5.34. The van der Waals surface area contributed by atoms with Crippen molar-refractivity contribution in [1.29, 1.82) is 0 Å². The second-order valence-corrected chi connectivity index (χ2v) is 5.17. The van der Waals surface area contributed by atoms with Crippen molar-refractivity contribution in [3.8, 4) is 0 Å². The maximum absolute atomic E-state index is 3.57. The van der Waals surface area contributed by atoms with Gasteiger partial charge < -0.3 is 14.8 Å². The lowest BCUT2D eigenvalue weighted by atomic mass is 9.79. The Hall–Kier alpha value is -0.800. The van der Waals surface area contributed by atoms with E-state index in [0.29, 0.717) is 5.41 Å². The molecule has 1 spiro atoms. The van der Waals surface area contributed by atoms with Crippen molar-refractivity contribution in [2.75, 3.05) is 26.7 Å². The summed E-state index contributed by atoms with van der Waals surface area (Å²) in [5.74, 6) is 0. The van der Waals surface area contributed by atoms with E-state index in [-0.39, 0.29) is 0 Å². The topological polar surface area (TPSA) is 20.2 Å². The quantitative estimate of drug-likeness (QED) is 0.673. The smallest absolute Gasteiger partial charge is 0.0373 e. The fourth-order valence-electron chi connectivity index (χ4n) is 3.38. The number of likely N-dealkylation sites (tertiary alicyclic amines) is 1. The molecule has 1 fully saturated rings. The molecule has 1 atom stereocenters. The Morgan fingerprint density at radius 2 is 2.27 bits per heavy atom. The number of hydrogen-bond acceptors (Lipinski definition) is 2. The molecule has 0 bridgehead atoms. The molecular formula is C12H19N3. The first-order chi connectivity index (χ1) is 7.21. The lowest BCUT2D eigenvalue weighted by Crippen LogP contribution is -2.45. The van der Waals surface area contributed by atoms with Crippen molar-refractivity contribution in [1.82, 2.24) is 14.8 Å². The van der Waals surface area contributed by atoms with Crippen LogP contribution in [0.25, 0.3) is 0 Å². The van der Waals surface area contributed by atoms with Crippen LogP contribution in [0.15, 0.2) is 12.3 Å². The fourth-order valence-corrected chi connectivity index (χ4v) is 3.38. The van der Waals surface area contributed by atoms with Gasteiger partial charge in [-0.2, -0.15) is 0 Å². The second kappa shape index (κ2) is 3.09. The van der Waals surface area contributed by atoms with Crippen molar-refractivity contribution in [2.45, 2.75) is 18.4 Å². The third-order valence-electron chi connectivity index (χ3n) is 3.98. The number of fused-ring (bicyclic) bond motifs is 2. The van der Waals surface area contributed by atoms with Crippen LogP contribution >= 0.6 is 0 Å². The van der Waals surface area contributed by atoms with Gasteiger partial charge in [-0.1, -0.05) is 0 Å². The van der Waals surface area contributed by atoms with Crippen LogP contribution in [0.2, 0.25) is 0 Å². The van der Waals surface area contributed by atoms with Gasteiger partial charge in [0.15, 0.2) is 0 Å². The zero-order chi connectivity index (χ0) is 10.5. The molecule has 2 aliphatic heterocycles. The summed E-state index contributed by atoms with van der Waals surface area (Å²) in [5.41, 5.74) is 3.45. The molecule has 1 unspecified atom stereocenters. The Morgan fingerprint density at radius 1 is 1.40 bits per heavy atom. The SMILES string of the molecule is CN1CCC2(CNCc3ccn(C)c32)C1. The lowest BCUT2D eigenvalue weighted by Gasteiger charge is -2.35. The highest BCUT2D eigenvalue weighted by Crippen LogP contribution is 2.37. The molecule has 2 aliphatic rings. The standard InChI is InChI=1S/C12H19N3/c1-14-6-4-12(9-14)8-13-7-10-3-5-15(2)11(10)12/h3,5,13H,4,6-9H2,1-2H3. The molecule has 0 aliphatic carbocycles. The number of nitrogens with zero attached hydrogens (tertiary/aromatic N) is 2. The number of likely N-dealkylation sites (N-methyl/N-ethyl adjacent to an activating group) is 1. The zero-order valence-corrected chi connectivity index (χ0v) is 9.58. The summed E-state index contributed by atoms with van der Waals surface area (Å²) in [7, 11) is 4.41. The summed E-state index contributed by atoms with van der Waals surface area (Å²) in [5, 5.41) is 3.57. The molecule has 0 radical (unpaired) electrons. The van der Waals surface area contributed by atoms with E-state index in [1.165, 1.54) is 25.1 Å². The molecule has 15 heavy (non-hydrogen) atoms. The summed E-state index contributed by atoms with van der Waals surface area (Å²) in [6, 6.07) is 2.27. The van der Waals surface area contributed by atoms with E-state index in [0.717, 1.165) is 13.1 Å². The number of aryl methyl sites for hydroxylation is 1. The largest absolute Gasteiger partial charge is 0.354 e. The molecule has 3 heterocycles. The van der Waals surface area contributed by atoms with Crippen LogP contribution in [0.4, 0.5) is 0 Å². The Bertz CT molecular complexity index is 382. The molecule has 1 aromatic rings. The van der Waals surface area contributed by atoms with Gasteiger partial charge in [-0.15, -0.1) is 0 Å². The van der Waals surface area contributed by atoms with Gasteiger partial charge in [0.25, 0.3) is 0 Å². The lowest BCUT2D eigenvalue weighted by molar-refractivity contribution is 0.329. The zero-order valence-electron chi connectivity index (χ0n) is 9.58. The molecule has 0 amide bonds. The van der Waals surface area contributed by atoms with Crippen LogP contribution in [-0.2, 0) is 19.0 Å². The van der Waals surface area contributed by atoms with E-state index in [9.17, 15) is 0 Å². The van der Waals surface area contributed by atoms with E-state index in [2.05, 4.69) is 41.1 Å². The van der Waals surface area contributed by atoms with Crippen molar-refractivity contribution < 1.29 is 0 Å². The Labute approximate surface area is 91.1 Å². The monoisotopic (exact) mass is 205 g/mol. The maximum atomic E-state index is 3.57. The molecule has 3 nitrogen and oxygen atoms in total. The van der Waals surface area contributed by atoms with Gasteiger partial charge in [0.2, 0.25) is 0 Å². The van der Waals surface area contributed by atoms with Gasteiger partial charge in [0, 0.05) is 44.0 Å². The van der Waals surface area contributed by atoms with Crippen LogP contribution in [0.1, 0.15) is 17.7 Å². The van der Waals surface area contributed by atoms with E-state index in [1.54, 1.807) is 5.69 Å². The average Bonchev–Trinajstić information content (AvgIpc) is 2.74. The van der Waals surface area contributed by atoms with Gasteiger partial charge >= 0.3 is 0 Å². The van der Waals surface area contributed by atoms with E-state index >= 15 is 0 Å². The Balaban J connectivity index is 2.08. The predicted molar refractivity (Wildman–Crippen MR) is 60.9 cm³/mol. The van der Waals surface area contributed by atoms with Crippen molar-refractivity contribution in [3.05, 3.63) is 23.5 Å². The second-order valence-electron chi connectivity index (χ2n) is 5.17. The molecule has 1 aromatic heterocycles. The third-order valence-corrected chi connectivity index (χ3v) is 3.98. The maximum Gasteiger partial charge on any atom is 0.0373 e. The summed E-state index contributed by atoms with van der Waals surface area (Å²) < 4.78 is 2.33. The molecular weight excluding hydrogens is 186 g/mol. The van der Waals surface area contributed by atoms with Gasteiger partial charge in [-0.25, -0.2) is 0 Å². The first-order valence-electron chi connectivity index (χ1n) is 5.75. The number of rotatable bonds is 0. The molecule has 1 N–H and O–H groups in total. The Morgan fingerprint density at radius 3 is 3.00 bits per heavy atom. The molecule has 3 heteroatoms. The summed E-state index contributed by atoms with van der Waals surface area (Å²) in [4.78, 5) is 2.45. The normalized spacial score (nSPS) is 31.1. The molecule has 0 aromatic carbocycles. The predicted octanol–water partition coefficient (Wildman–Crippen LogP) is 0.702. The number of hydrogen-bond donors (Lipinski definition) is 1. The van der Waals surface area contributed by atoms with Crippen LogP contribution in [0.5, 0.6) is 0 Å². The first kappa shape index (κ1) is 9.43. The minimum Gasteiger partial charge on any atom is -0.354 e. The van der Waals surface area contributed by atoms with E-state index in [4.69, 9.17) is 0 Å².